The Labute approximate surface area is 122 Å². The number of ketones is 1. The third-order valence-electron chi connectivity index (χ3n) is 3.99. The molecule has 1 aliphatic rings. The zero-order chi connectivity index (χ0) is 14.0. The molecule has 3 unspecified atom stereocenters. The van der Waals surface area contributed by atoms with E-state index in [0.29, 0.717) is 5.92 Å². The molecular weight excluding hydrogens is 306 g/mol. The monoisotopic (exact) mass is 325 g/mol. The molecule has 3 nitrogen and oxygen atoms in total. The number of aliphatic hydroxyl groups excluding tert-OH is 1. The Bertz CT molecular complexity index is 444. The molecule has 1 N–H and O–H groups in total. The van der Waals surface area contributed by atoms with Gasteiger partial charge in [0, 0.05) is 16.6 Å². The van der Waals surface area contributed by atoms with Gasteiger partial charge in [-0.25, -0.2) is 0 Å². The number of hydrogen-bond donors (Lipinski definition) is 1. The second-order valence-corrected chi connectivity index (χ2v) is 6.25. The average molecular weight is 326 g/mol. The summed E-state index contributed by atoms with van der Waals surface area (Å²) in [5.41, 5.74) is 0.746. The molecule has 0 radical (unpaired) electrons. The van der Waals surface area contributed by atoms with Crippen LogP contribution in [0.5, 0.6) is 0 Å². The van der Waals surface area contributed by atoms with Crippen molar-refractivity contribution in [2.45, 2.75) is 32.4 Å². The molecule has 0 aliphatic carbocycles. The van der Waals surface area contributed by atoms with Crippen LogP contribution in [-0.4, -0.2) is 41.0 Å². The highest BCUT2D eigenvalue weighted by atomic mass is 79.9. The van der Waals surface area contributed by atoms with Crippen LogP contribution in [-0.2, 0) is 0 Å². The van der Waals surface area contributed by atoms with Crippen molar-refractivity contribution in [3.8, 4) is 0 Å². The first kappa shape index (κ1) is 14.7. The fourth-order valence-electron chi connectivity index (χ4n) is 2.58. The fraction of sp³-hybridized carbons (Fsp3) is 0.533. The largest absolute Gasteiger partial charge is 0.393 e. The van der Waals surface area contributed by atoms with Crippen molar-refractivity contribution in [3.63, 3.8) is 0 Å². The molecule has 0 aromatic heterocycles. The van der Waals surface area contributed by atoms with Crippen molar-refractivity contribution in [1.82, 2.24) is 4.90 Å². The molecule has 0 saturated carbocycles. The standard InChI is InChI=1S/C15H20BrNO2/c1-10(17-8-7-13(9-17)11(2)18)15(19)12-3-5-14(16)6-4-12/h3-6,10-11,13,18H,7-9H2,1-2H3. The zero-order valence-electron chi connectivity index (χ0n) is 11.3. The Morgan fingerprint density at radius 3 is 2.53 bits per heavy atom. The van der Waals surface area contributed by atoms with Crippen LogP contribution in [0.2, 0.25) is 0 Å². The van der Waals surface area contributed by atoms with E-state index in [2.05, 4.69) is 20.8 Å². The minimum absolute atomic E-state index is 0.120. The molecule has 1 saturated heterocycles. The second-order valence-electron chi connectivity index (χ2n) is 5.33. The quantitative estimate of drug-likeness (QED) is 0.865. The lowest BCUT2D eigenvalue weighted by Crippen LogP contribution is -2.38. The Hall–Kier alpha value is -0.710. The maximum Gasteiger partial charge on any atom is 0.179 e. The van der Waals surface area contributed by atoms with Crippen LogP contribution in [0.4, 0.5) is 0 Å². The van der Waals surface area contributed by atoms with Gasteiger partial charge >= 0.3 is 0 Å². The topological polar surface area (TPSA) is 40.5 Å². The van der Waals surface area contributed by atoms with Gasteiger partial charge in [-0.05, 0) is 44.9 Å². The summed E-state index contributed by atoms with van der Waals surface area (Å²) in [7, 11) is 0. The van der Waals surface area contributed by atoms with Crippen molar-refractivity contribution in [2.75, 3.05) is 13.1 Å². The predicted molar refractivity (Wildman–Crippen MR) is 79.3 cm³/mol. The normalized spacial score (nSPS) is 23.3. The van der Waals surface area contributed by atoms with E-state index in [0.717, 1.165) is 29.5 Å². The Morgan fingerprint density at radius 2 is 2.00 bits per heavy atom. The van der Waals surface area contributed by atoms with Gasteiger partial charge in [-0.15, -0.1) is 0 Å². The number of Topliss-reactive ketones (excluding diaryl/α,β-unsaturated/α-hetero) is 1. The van der Waals surface area contributed by atoms with E-state index in [-0.39, 0.29) is 17.9 Å². The Morgan fingerprint density at radius 1 is 1.37 bits per heavy atom. The van der Waals surface area contributed by atoms with E-state index in [1.165, 1.54) is 0 Å². The number of hydrogen-bond acceptors (Lipinski definition) is 3. The first-order valence-corrected chi connectivity index (χ1v) is 7.50. The maximum absolute atomic E-state index is 12.4. The summed E-state index contributed by atoms with van der Waals surface area (Å²) in [6.07, 6.45) is 0.676. The third-order valence-corrected chi connectivity index (χ3v) is 4.52. The molecule has 1 aliphatic heterocycles. The van der Waals surface area contributed by atoms with Gasteiger partial charge in [0.25, 0.3) is 0 Å². The Balaban J connectivity index is 2.02. The number of benzene rings is 1. The number of carbonyl (C=O) groups is 1. The molecule has 1 fully saturated rings. The lowest BCUT2D eigenvalue weighted by atomic mass is 10.0. The van der Waals surface area contributed by atoms with Crippen LogP contribution in [0.1, 0.15) is 30.6 Å². The summed E-state index contributed by atoms with van der Waals surface area (Å²) in [5.74, 6) is 0.443. The van der Waals surface area contributed by atoms with Gasteiger partial charge in [0.15, 0.2) is 5.78 Å². The molecule has 3 atom stereocenters. The van der Waals surface area contributed by atoms with E-state index in [1.807, 2.05) is 38.1 Å². The van der Waals surface area contributed by atoms with Gasteiger partial charge in [0.05, 0.1) is 12.1 Å². The van der Waals surface area contributed by atoms with Gasteiger partial charge < -0.3 is 5.11 Å². The maximum atomic E-state index is 12.4. The summed E-state index contributed by atoms with van der Waals surface area (Å²) in [5, 5.41) is 9.62. The molecule has 0 spiro atoms. The molecule has 2 rings (SSSR count). The minimum atomic E-state index is -0.292. The summed E-state index contributed by atoms with van der Waals surface area (Å²) in [6.45, 7) is 5.48. The van der Waals surface area contributed by atoms with Crippen molar-refractivity contribution < 1.29 is 9.90 Å². The highest BCUT2D eigenvalue weighted by Gasteiger charge is 2.31. The van der Waals surface area contributed by atoms with Gasteiger partial charge in [0.2, 0.25) is 0 Å². The second kappa shape index (κ2) is 6.16. The predicted octanol–water partition coefficient (Wildman–Crippen LogP) is 2.72. The molecule has 0 bridgehead atoms. The van der Waals surface area contributed by atoms with E-state index in [1.54, 1.807) is 0 Å². The number of rotatable bonds is 4. The van der Waals surface area contributed by atoms with Gasteiger partial charge in [0.1, 0.15) is 0 Å². The SMILES string of the molecule is CC(O)C1CCN(C(C)C(=O)c2ccc(Br)cc2)C1. The van der Waals surface area contributed by atoms with Crippen molar-refractivity contribution in [1.29, 1.82) is 0 Å². The summed E-state index contributed by atoms with van der Waals surface area (Å²) in [4.78, 5) is 14.6. The number of halogens is 1. The first-order valence-electron chi connectivity index (χ1n) is 6.71. The molecule has 104 valence electrons. The van der Waals surface area contributed by atoms with Crippen LogP contribution in [0.15, 0.2) is 28.7 Å². The van der Waals surface area contributed by atoms with Crippen LogP contribution < -0.4 is 0 Å². The smallest absolute Gasteiger partial charge is 0.179 e. The first-order chi connectivity index (χ1) is 8.99. The van der Waals surface area contributed by atoms with Crippen molar-refractivity contribution in [3.05, 3.63) is 34.3 Å². The summed E-state index contributed by atoms with van der Waals surface area (Å²) < 4.78 is 0.979. The summed E-state index contributed by atoms with van der Waals surface area (Å²) in [6, 6.07) is 7.37. The van der Waals surface area contributed by atoms with Crippen LogP contribution in [0.25, 0.3) is 0 Å². The number of aliphatic hydroxyl groups is 1. The zero-order valence-corrected chi connectivity index (χ0v) is 12.9. The lowest BCUT2D eigenvalue weighted by molar-refractivity contribution is 0.0836. The molecule has 1 heterocycles. The molecule has 19 heavy (non-hydrogen) atoms. The van der Waals surface area contributed by atoms with E-state index in [9.17, 15) is 9.90 Å². The van der Waals surface area contributed by atoms with E-state index >= 15 is 0 Å². The number of likely N-dealkylation sites (tertiary alicyclic amines) is 1. The number of nitrogens with zero attached hydrogens (tertiary/aromatic N) is 1. The molecule has 4 heteroatoms. The highest BCUT2D eigenvalue weighted by molar-refractivity contribution is 9.10. The minimum Gasteiger partial charge on any atom is -0.393 e. The number of carbonyl (C=O) groups excluding carboxylic acids is 1. The lowest BCUT2D eigenvalue weighted by Gasteiger charge is -2.23. The molecule has 0 amide bonds. The van der Waals surface area contributed by atoms with Gasteiger partial charge in [-0.3, -0.25) is 9.69 Å². The molecular formula is C15H20BrNO2. The van der Waals surface area contributed by atoms with Crippen LogP contribution in [0, 0.1) is 5.92 Å². The van der Waals surface area contributed by atoms with E-state index < -0.39 is 0 Å². The Kier molecular flexibility index (Phi) is 4.76. The van der Waals surface area contributed by atoms with E-state index in [4.69, 9.17) is 0 Å². The third kappa shape index (κ3) is 3.44. The van der Waals surface area contributed by atoms with Crippen molar-refractivity contribution >= 4 is 21.7 Å². The molecule has 1 aromatic carbocycles. The van der Waals surface area contributed by atoms with Gasteiger partial charge in [-0.2, -0.15) is 0 Å². The van der Waals surface area contributed by atoms with Crippen LogP contribution >= 0.6 is 15.9 Å². The van der Waals surface area contributed by atoms with Gasteiger partial charge in [-0.1, -0.05) is 28.1 Å². The fourth-order valence-corrected chi connectivity index (χ4v) is 2.85. The average Bonchev–Trinajstić information content (AvgIpc) is 2.87. The summed E-state index contributed by atoms with van der Waals surface area (Å²) >= 11 is 3.37. The highest BCUT2D eigenvalue weighted by Crippen LogP contribution is 2.23. The molecule has 1 aromatic rings. The van der Waals surface area contributed by atoms with Crippen molar-refractivity contribution in [2.24, 2.45) is 5.92 Å². The van der Waals surface area contributed by atoms with Crippen LogP contribution in [0.3, 0.4) is 0 Å².